The highest BCUT2D eigenvalue weighted by molar-refractivity contribution is 9.10. The Labute approximate surface area is 119 Å². The molecule has 0 saturated carbocycles. The van der Waals surface area contributed by atoms with E-state index in [2.05, 4.69) is 21.2 Å². The fourth-order valence-corrected chi connectivity index (χ4v) is 2.51. The van der Waals surface area contributed by atoms with E-state index in [9.17, 15) is 4.39 Å². The molecule has 0 spiro atoms. The molecule has 2 aromatic carbocycles. The molecule has 0 aliphatic rings. The van der Waals surface area contributed by atoms with Crippen molar-refractivity contribution in [3.63, 3.8) is 0 Å². The van der Waals surface area contributed by atoms with Crippen molar-refractivity contribution in [2.75, 3.05) is 5.32 Å². The molecule has 0 amide bonds. The molecule has 0 bridgehead atoms. The number of nitrogens with one attached hydrogen (secondary N) is 1. The van der Waals surface area contributed by atoms with Crippen LogP contribution in [-0.4, -0.2) is 0 Å². The summed E-state index contributed by atoms with van der Waals surface area (Å²) in [6.07, 6.45) is 0. The molecule has 94 valence electrons. The molecule has 0 saturated heterocycles. The van der Waals surface area contributed by atoms with E-state index in [1.54, 1.807) is 6.07 Å². The highest BCUT2D eigenvalue weighted by atomic mass is 79.9. The number of benzene rings is 2. The Bertz CT molecular complexity index is 559. The van der Waals surface area contributed by atoms with Gasteiger partial charge < -0.3 is 5.32 Å². The minimum absolute atomic E-state index is 0.0421. The number of anilines is 1. The van der Waals surface area contributed by atoms with Gasteiger partial charge in [0.2, 0.25) is 0 Å². The zero-order valence-electron chi connectivity index (χ0n) is 9.75. The molecule has 0 aliphatic carbocycles. The van der Waals surface area contributed by atoms with Crippen molar-refractivity contribution in [3.8, 4) is 0 Å². The van der Waals surface area contributed by atoms with Crippen LogP contribution in [-0.2, 0) is 0 Å². The van der Waals surface area contributed by atoms with Crippen LogP contribution in [0.25, 0.3) is 0 Å². The Hall–Kier alpha value is -1.06. The maximum atomic E-state index is 13.0. The summed E-state index contributed by atoms with van der Waals surface area (Å²) in [6.45, 7) is 2.01. The molecule has 4 heteroatoms. The van der Waals surface area contributed by atoms with Crippen LogP contribution in [0.3, 0.4) is 0 Å². The average molecular weight is 329 g/mol. The van der Waals surface area contributed by atoms with Crippen molar-refractivity contribution < 1.29 is 4.39 Å². The molecule has 1 nitrogen and oxygen atoms in total. The van der Waals surface area contributed by atoms with Crippen LogP contribution in [0.4, 0.5) is 10.1 Å². The zero-order valence-corrected chi connectivity index (χ0v) is 12.1. The Morgan fingerprint density at radius 3 is 2.61 bits per heavy atom. The number of hydrogen-bond acceptors (Lipinski definition) is 1. The van der Waals surface area contributed by atoms with Gasteiger partial charge in [0.15, 0.2) is 0 Å². The van der Waals surface area contributed by atoms with E-state index in [1.807, 2.05) is 31.2 Å². The lowest BCUT2D eigenvalue weighted by Gasteiger charge is -2.18. The van der Waals surface area contributed by atoms with E-state index in [0.29, 0.717) is 4.47 Å². The molecular formula is C14H12BrClFN. The number of rotatable bonds is 3. The van der Waals surface area contributed by atoms with E-state index in [-0.39, 0.29) is 11.9 Å². The van der Waals surface area contributed by atoms with Gasteiger partial charge in [0.25, 0.3) is 0 Å². The quantitative estimate of drug-likeness (QED) is 0.794. The number of hydrogen-bond donors (Lipinski definition) is 1. The van der Waals surface area contributed by atoms with E-state index in [0.717, 1.165) is 16.3 Å². The predicted molar refractivity (Wildman–Crippen MR) is 77.6 cm³/mol. The molecule has 1 N–H and O–H groups in total. The first-order valence-corrected chi connectivity index (χ1v) is 6.71. The topological polar surface area (TPSA) is 12.0 Å². The van der Waals surface area contributed by atoms with Crippen LogP contribution >= 0.6 is 27.5 Å². The van der Waals surface area contributed by atoms with Crippen molar-refractivity contribution in [1.82, 2.24) is 0 Å². The van der Waals surface area contributed by atoms with Gasteiger partial charge in [-0.1, -0.05) is 29.8 Å². The van der Waals surface area contributed by atoms with Gasteiger partial charge >= 0.3 is 0 Å². The molecule has 0 aliphatic heterocycles. The van der Waals surface area contributed by atoms with Crippen LogP contribution in [0.15, 0.2) is 46.9 Å². The standard InChI is InChI=1S/C14H12BrClFN/c1-9(11-4-2-3-5-13(11)16)18-14-7-6-10(17)8-12(14)15/h2-9,18H,1H3. The zero-order chi connectivity index (χ0) is 13.1. The van der Waals surface area contributed by atoms with Crippen LogP contribution in [0.5, 0.6) is 0 Å². The van der Waals surface area contributed by atoms with E-state index >= 15 is 0 Å². The van der Waals surface area contributed by atoms with Crippen LogP contribution in [0, 0.1) is 5.82 Å². The van der Waals surface area contributed by atoms with Gasteiger partial charge in [0, 0.05) is 15.2 Å². The molecule has 1 atom stereocenters. The maximum Gasteiger partial charge on any atom is 0.124 e. The molecule has 18 heavy (non-hydrogen) atoms. The lowest BCUT2D eigenvalue weighted by molar-refractivity contribution is 0.627. The highest BCUT2D eigenvalue weighted by Crippen LogP contribution is 2.29. The molecule has 0 heterocycles. The maximum absolute atomic E-state index is 13.0. The van der Waals surface area contributed by atoms with Crippen molar-refractivity contribution in [3.05, 3.63) is 63.3 Å². The summed E-state index contributed by atoms with van der Waals surface area (Å²) < 4.78 is 13.7. The predicted octanol–water partition coefficient (Wildman–Crippen LogP) is 5.41. The summed E-state index contributed by atoms with van der Waals surface area (Å²) in [5.74, 6) is -0.266. The average Bonchev–Trinajstić information content (AvgIpc) is 2.33. The first-order chi connectivity index (χ1) is 8.58. The normalized spacial score (nSPS) is 12.2. The van der Waals surface area contributed by atoms with Crippen LogP contribution in [0.1, 0.15) is 18.5 Å². The molecule has 0 fully saturated rings. The first kappa shape index (κ1) is 13.4. The van der Waals surface area contributed by atoms with E-state index in [4.69, 9.17) is 11.6 Å². The summed E-state index contributed by atoms with van der Waals surface area (Å²) in [5.41, 5.74) is 1.85. The third kappa shape index (κ3) is 3.03. The minimum atomic E-state index is -0.266. The van der Waals surface area contributed by atoms with Crippen LogP contribution in [0.2, 0.25) is 5.02 Å². The summed E-state index contributed by atoms with van der Waals surface area (Å²) in [5, 5.41) is 4.01. The van der Waals surface area contributed by atoms with Gasteiger partial charge in [-0.2, -0.15) is 0 Å². The second-order valence-corrected chi connectivity index (χ2v) is 5.27. The van der Waals surface area contributed by atoms with Crippen LogP contribution < -0.4 is 5.32 Å². The molecular weight excluding hydrogens is 317 g/mol. The van der Waals surface area contributed by atoms with Gasteiger partial charge in [-0.3, -0.25) is 0 Å². The summed E-state index contributed by atoms with van der Waals surface area (Å²) in [7, 11) is 0. The van der Waals surface area contributed by atoms with Gasteiger partial charge in [-0.05, 0) is 52.7 Å². The second-order valence-electron chi connectivity index (χ2n) is 4.01. The SMILES string of the molecule is CC(Nc1ccc(F)cc1Br)c1ccccc1Cl. The fourth-order valence-electron chi connectivity index (χ4n) is 1.74. The Morgan fingerprint density at radius 2 is 1.94 bits per heavy atom. The molecule has 2 aromatic rings. The Balaban J connectivity index is 2.21. The second kappa shape index (κ2) is 5.72. The minimum Gasteiger partial charge on any atom is -0.378 e. The Kier molecular flexibility index (Phi) is 4.25. The van der Waals surface area contributed by atoms with Crippen molar-refractivity contribution >= 4 is 33.2 Å². The largest absolute Gasteiger partial charge is 0.378 e. The summed E-state index contributed by atoms with van der Waals surface area (Å²) >= 11 is 9.47. The lowest BCUT2D eigenvalue weighted by atomic mass is 10.1. The smallest absolute Gasteiger partial charge is 0.124 e. The van der Waals surface area contributed by atoms with Gasteiger partial charge in [0.05, 0.1) is 6.04 Å². The summed E-state index contributed by atoms with van der Waals surface area (Å²) in [6, 6.07) is 12.3. The third-order valence-corrected chi connectivity index (χ3v) is 3.68. The fraction of sp³-hybridized carbons (Fsp3) is 0.143. The van der Waals surface area contributed by atoms with E-state index in [1.165, 1.54) is 12.1 Å². The van der Waals surface area contributed by atoms with Crippen molar-refractivity contribution in [1.29, 1.82) is 0 Å². The monoisotopic (exact) mass is 327 g/mol. The lowest BCUT2D eigenvalue weighted by Crippen LogP contribution is -2.07. The molecule has 1 unspecified atom stereocenters. The van der Waals surface area contributed by atoms with Gasteiger partial charge in [-0.15, -0.1) is 0 Å². The molecule has 0 radical (unpaired) electrons. The van der Waals surface area contributed by atoms with Crippen molar-refractivity contribution in [2.24, 2.45) is 0 Å². The Morgan fingerprint density at radius 1 is 1.22 bits per heavy atom. The van der Waals surface area contributed by atoms with Gasteiger partial charge in [-0.25, -0.2) is 4.39 Å². The van der Waals surface area contributed by atoms with E-state index < -0.39 is 0 Å². The van der Waals surface area contributed by atoms with Crippen molar-refractivity contribution in [2.45, 2.75) is 13.0 Å². The molecule has 0 aromatic heterocycles. The number of halogens is 3. The molecule has 2 rings (SSSR count). The van der Waals surface area contributed by atoms with Gasteiger partial charge in [0.1, 0.15) is 5.82 Å². The summed E-state index contributed by atoms with van der Waals surface area (Å²) in [4.78, 5) is 0. The first-order valence-electron chi connectivity index (χ1n) is 5.54. The highest BCUT2D eigenvalue weighted by Gasteiger charge is 2.10. The third-order valence-electron chi connectivity index (χ3n) is 2.67.